The molecule has 0 bridgehead atoms. The number of halogens is 3. The van der Waals surface area contributed by atoms with Crippen molar-refractivity contribution in [1.29, 1.82) is 0 Å². The van der Waals surface area contributed by atoms with Crippen LogP contribution in [-0.2, 0) is 22.4 Å². The van der Waals surface area contributed by atoms with Crippen molar-refractivity contribution in [2.45, 2.75) is 32.5 Å². The number of fused-ring (bicyclic) bond motifs is 1. The van der Waals surface area contributed by atoms with Gasteiger partial charge in [0.1, 0.15) is 12.4 Å². The van der Waals surface area contributed by atoms with Gasteiger partial charge in [-0.1, -0.05) is 18.2 Å². The number of aromatic nitrogens is 2. The number of benzene rings is 2. The van der Waals surface area contributed by atoms with Crippen molar-refractivity contribution < 1.29 is 27.5 Å². The van der Waals surface area contributed by atoms with Crippen molar-refractivity contribution in [1.82, 2.24) is 15.1 Å². The van der Waals surface area contributed by atoms with Gasteiger partial charge in [-0.3, -0.25) is 14.7 Å². The van der Waals surface area contributed by atoms with Crippen LogP contribution in [0.15, 0.2) is 42.5 Å². The molecule has 1 aromatic heterocycles. The van der Waals surface area contributed by atoms with Crippen molar-refractivity contribution in [3.8, 4) is 5.75 Å². The highest BCUT2D eigenvalue weighted by molar-refractivity contribution is 6.00. The number of nitrogens with zero attached hydrogens (tertiary/aromatic N) is 2. The molecule has 1 aliphatic heterocycles. The summed E-state index contributed by atoms with van der Waals surface area (Å²) < 4.78 is 45.2. The monoisotopic (exact) mass is 460 g/mol. The minimum atomic E-state index is -4.47. The molecule has 3 aromatic rings. The normalized spacial score (nSPS) is 15.0. The van der Waals surface area contributed by atoms with Crippen molar-refractivity contribution in [3.63, 3.8) is 0 Å². The molecule has 174 valence electrons. The highest BCUT2D eigenvalue weighted by Crippen LogP contribution is 2.33. The van der Waals surface area contributed by atoms with Gasteiger partial charge in [-0.25, -0.2) is 0 Å². The summed E-state index contributed by atoms with van der Waals surface area (Å²) in [7, 11) is 0. The number of amides is 2. The number of piperidine rings is 1. The summed E-state index contributed by atoms with van der Waals surface area (Å²) in [5.41, 5.74) is -0.0550. The van der Waals surface area contributed by atoms with Gasteiger partial charge >= 0.3 is 6.18 Å². The second-order valence-corrected chi connectivity index (χ2v) is 7.99. The number of likely N-dealkylation sites (tertiary alicyclic amines) is 1. The van der Waals surface area contributed by atoms with Crippen LogP contribution in [0.4, 0.5) is 19.0 Å². The zero-order valence-electron chi connectivity index (χ0n) is 17.9. The lowest BCUT2D eigenvalue weighted by Gasteiger charge is -2.30. The van der Waals surface area contributed by atoms with Crippen LogP contribution in [0, 0.1) is 5.92 Å². The fourth-order valence-electron chi connectivity index (χ4n) is 3.94. The van der Waals surface area contributed by atoms with E-state index in [9.17, 15) is 22.8 Å². The first-order chi connectivity index (χ1) is 15.7. The fourth-order valence-corrected chi connectivity index (χ4v) is 3.94. The maximum Gasteiger partial charge on any atom is 0.416 e. The number of ether oxygens (including phenoxy) is 1. The number of carbonyl (C=O) groups excluding carboxylic acids is 2. The van der Waals surface area contributed by atoms with Crippen LogP contribution in [0.3, 0.4) is 0 Å². The predicted octanol–water partition coefficient (Wildman–Crippen LogP) is 4.36. The summed E-state index contributed by atoms with van der Waals surface area (Å²) in [6.45, 7) is 2.32. The largest absolute Gasteiger partial charge is 0.489 e. The van der Waals surface area contributed by atoms with Gasteiger partial charge < -0.3 is 15.0 Å². The zero-order valence-corrected chi connectivity index (χ0v) is 17.9. The van der Waals surface area contributed by atoms with Gasteiger partial charge in [0.15, 0.2) is 5.82 Å². The lowest BCUT2D eigenvalue weighted by Crippen LogP contribution is -2.40. The number of anilines is 1. The Morgan fingerprint density at radius 2 is 1.91 bits per heavy atom. The molecule has 2 N–H and O–H groups in total. The highest BCUT2D eigenvalue weighted by Gasteiger charge is 2.33. The SMILES string of the molecule is CC(=O)N1CCC(C(=O)Nc2n[nH]c3ccc(OCc4ccccc4C(F)(F)F)cc23)CC1. The van der Waals surface area contributed by atoms with Crippen LogP contribution in [0.25, 0.3) is 10.9 Å². The van der Waals surface area contributed by atoms with E-state index in [4.69, 9.17) is 4.74 Å². The third kappa shape index (κ3) is 5.10. The second kappa shape index (κ2) is 9.13. The van der Waals surface area contributed by atoms with Gasteiger partial charge in [0.25, 0.3) is 0 Å². The van der Waals surface area contributed by atoms with Crippen LogP contribution < -0.4 is 10.1 Å². The molecule has 7 nitrogen and oxygen atoms in total. The molecule has 1 saturated heterocycles. The molecule has 2 amide bonds. The quantitative estimate of drug-likeness (QED) is 0.593. The van der Waals surface area contributed by atoms with E-state index in [1.807, 2.05) is 0 Å². The summed E-state index contributed by atoms with van der Waals surface area (Å²) in [5, 5.41) is 10.4. The van der Waals surface area contributed by atoms with Crippen molar-refractivity contribution in [2.75, 3.05) is 18.4 Å². The Bertz CT molecular complexity index is 1170. The average Bonchev–Trinajstić information content (AvgIpc) is 3.19. The number of aromatic amines is 1. The lowest BCUT2D eigenvalue weighted by atomic mass is 9.96. The van der Waals surface area contributed by atoms with E-state index >= 15 is 0 Å². The molecular weight excluding hydrogens is 437 g/mol. The van der Waals surface area contributed by atoms with E-state index in [0.717, 1.165) is 6.07 Å². The molecular formula is C23H23F3N4O3. The maximum atomic E-state index is 13.2. The highest BCUT2D eigenvalue weighted by atomic mass is 19.4. The van der Waals surface area contributed by atoms with Gasteiger partial charge in [0.05, 0.1) is 11.1 Å². The number of rotatable bonds is 5. The molecule has 0 unspecified atom stereocenters. The number of alkyl halides is 3. The number of hydrogen-bond acceptors (Lipinski definition) is 4. The summed E-state index contributed by atoms with van der Waals surface area (Å²) >= 11 is 0. The van der Waals surface area contributed by atoms with Gasteiger partial charge in [-0.05, 0) is 37.1 Å². The number of carbonyl (C=O) groups is 2. The molecule has 33 heavy (non-hydrogen) atoms. The number of hydrogen-bond donors (Lipinski definition) is 2. The van der Waals surface area contributed by atoms with Gasteiger partial charge in [0, 0.05) is 36.9 Å². The molecule has 1 fully saturated rings. The van der Waals surface area contributed by atoms with Gasteiger partial charge in [-0.15, -0.1) is 0 Å². The summed E-state index contributed by atoms with van der Waals surface area (Å²) in [6, 6.07) is 10.2. The molecule has 4 rings (SSSR count). The summed E-state index contributed by atoms with van der Waals surface area (Å²) in [5.74, 6) is 0.261. The summed E-state index contributed by atoms with van der Waals surface area (Å²) in [4.78, 5) is 25.9. The van der Waals surface area contributed by atoms with E-state index in [2.05, 4.69) is 15.5 Å². The minimum absolute atomic E-state index is 0.00228. The van der Waals surface area contributed by atoms with Gasteiger partial charge in [0.2, 0.25) is 11.8 Å². The second-order valence-electron chi connectivity index (χ2n) is 7.99. The Balaban J connectivity index is 1.45. The third-order valence-electron chi connectivity index (χ3n) is 5.80. The number of nitrogens with one attached hydrogen (secondary N) is 2. The van der Waals surface area contributed by atoms with Crippen molar-refractivity contribution >= 4 is 28.5 Å². The fraction of sp³-hybridized carbons (Fsp3) is 0.348. The van der Waals surface area contributed by atoms with E-state index < -0.39 is 11.7 Å². The Labute approximate surface area is 187 Å². The van der Waals surface area contributed by atoms with E-state index in [-0.39, 0.29) is 29.9 Å². The summed E-state index contributed by atoms with van der Waals surface area (Å²) in [6.07, 6.45) is -3.33. The molecule has 2 aromatic carbocycles. The molecule has 0 aliphatic carbocycles. The lowest BCUT2D eigenvalue weighted by molar-refractivity contribution is -0.138. The topological polar surface area (TPSA) is 87.3 Å². The molecule has 1 aliphatic rings. The van der Waals surface area contributed by atoms with Crippen LogP contribution in [0.5, 0.6) is 5.75 Å². The molecule has 0 radical (unpaired) electrons. The first-order valence-electron chi connectivity index (χ1n) is 10.5. The Morgan fingerprint density at radius 3 is 2.61 bits per heavy atom. The van der Waals surface area contributed by atoms with E-state index in [0.29, 0.717) is 48.4 Å². The first kappa shape index (κ1) is 22.6. The van der Waals surface area contributed by atoms with Crippen molar-refractivity contribution in [3.05, 3.63) is 53.6 Å². The molecule has 0 atom stereocenters. The maximum absolute atomic E-state index is 13.2. The Hall–Kier alpha value is -3.56. The van der Waals surface area contributed by atoms with Crippen LogP contribution in [-0.4, -0.2) is 40.0 Å². The Morgan fingerprint density at radius 1 is 1.18 bits per heavy atom. The molecule has 2 heterocycles. The number of H-pyrrole nitrogens is 1. The van der Waals surface area contributed by atoms with Crippen LogP contribution in [0.2, 0.25) is 0 Å². The predicted molar refractivity (Wildman–Crippen MR) is 115 cm³/mol. The molecule has 0 spiro atoms. The van der Waals surface area contributed by atoms with Crippen LogP contribution in [0.1, 0.15) is 30.9 Å². The minimum Gasteiger partial charge on any atom is -0.489 e. The van der Waals surface area contributed by atoms with Crippen molar-refractivity contribution in [2.24, 2.45) is 5.92 Å². The first-order valence-corrected chi connectivity index (χ1v) is 10.5. The van der Waals surface area contributed by atoms with Crippen LogP contribution >= 0.6 is 0 Å². The zero-order chi connectivity index (χ0) is 23.6. The Kier molecular flexibility index (Phi) is 6.26. The smallest absolute Gasteiger partial charge is 0.416 e. The third-order valence-corrected chi connectivity index (χ3v) is 5.80. The van der Waals surface area contributed by atoms with Gasteiger partial charge in [-0.2, -0.15) is 18.3 Å². The molecule has 0 saturated carbocycles. The van der Waals surface area contributed by atoms with E-state index in [1.54, 1.807) is 23.1 Å². The average molecular weight is 460 g/mol. The van der Waals surface area contributed by atoms with E-state index in [1.165, 1.54) is 25.1 Å². The standard InChI is InChI=1S/C23H23F3N4O3/c1-14(31)30-10-8-15(9-11-30)22(32)27-21-18-12-17(6-7-20(18)28-29-21)33-13-16-4-2-3-5-19(16)23(24,25)26/h2-7,12,15H,8-11,13H2,1H3,(H2,27,28,29,32). The molecule has 10 heteroatoms.